The minimum atomic E-state index is 0.458. The fourth-order valence-corrected chi connectivity index (χ4v) is 2.48. The third-order valence-electron chi connectivity index (χ3n) is 3.34. The first-order valence-electron chi connectivity index (χ1n) is 6.70. The minimum absolute atomic E-state index is 0.458. The minimum Gasteiger partial charge on any atom is -0.493 e. The number of benzene rings is 1. The number of guanidine groups is 1. The molecule has 4 nitrogen and oxygen atoms in total. The lowest BCUT2D eigenvalue weighted by atomic mass is 9.93. The first kappa shape index (κ1) is 13.7. The highest BCUT2D eigenvalue weighted by molar-refractivity contribution is 5.79. The SMILES string of the molecule is CN(C)C(=NCC1CCOc2ccccc21)N(C)C. The van der Waals surface area contributed by atoms with Crippen LogP contribution >= 0.6 is 0 Å². The van der Waals surface area contributed by atoms with E-state index in [2.05, 4.69) is 12.1 Å². The summed E-state index contributed by atoms with van der Waals surface area (Å²) in [6.07, 6.45) is 1.04. The van der Waals surface area contributed by atoms with Crippen molar-refractivity contribution in [1.29, 1.82) is 0 Å². The van der Waals surface area contributed by atoms with E-state index in [1.54, 1.807) is 0 Å². The van der Waals surface area contributed by atoms with Gasteiger partial charge in [0.1, 0.15) is 5.75 Å². The molecule has 0 N–H and O–H groups in total. The third kappa shape index (κ3) is 3.19. The summed E-state index contributed by atoms with van der Waals surface area (Å²) in [7, 11) is 8.10. The lowest BCUT2D eigenvalue weighted by molar-refractivity contribution is 0.268. The molecular formula is C15H23N3O. The molecule has 1 aromatic carbocycles. The van der Waals surface area contributed by atoms with E-state index in [-0.39, 0.29) is 0 Å². The molecule has 1 atom stereocenters. The van der Waals surface area contributed by atoms with Gasteiger partial charge >= 0.3 is 0 Å². The summed E-state index contributed by atoms with van der Waals surface area (Å²) in [4.78, 5) is 8.85. The van der Waals surface area contributed by atoms with E-state index in [1.165, 1.54) is 5.56 Å². The zero-order chi connectivity index (χ0) is 13.8. The highest BCUT2D eigenvalue weighted by atomic mass is 16.5. The molecule has 1 unspecified atom stereocenters. The smallest absolute Gasteiger partial charge is 0.195 e. The Balaban J connectivity index is 2.14. The Morgan fingerprint density at radius 1 is 1.21 bits per heavy atom. The van der Waals surface area contributed by atoms with E-state index in [0.717, 1.165) is 31.3 Å². The molecule has 0 saturated carbocycles. The molecule has 1 aliphatic heterocycles. The van der Waals surface area contributed by atoms with Crippen LogP contribution in [-0.4, -0.2) is 57.1 Å². The quantitative estimate of drug-likeness (QED) is 0.602. The summed E-state index contributed by atoms with van der Waals surface area (Å²) in [6, 6.07) is 8.29. The normalized spacial score (nSPS) is 17.2. The summed E-state index contributed by atoms with van der Waals surface area (Å²) in [5, 5.41) is 0. The van der Waals surface area contributed by atoms with Gasteiger partial charge in [0, 0.05) is 40.7 Å². The zero-order valence-electron chi connectivity index (χ0n) is 12.3. The maximum Gasteiger partial charge on any atom is 0.195 e. The monoisotopic (exact) mass is 261 g/mol. The molecule has 0 fully saturated rings. The van der Waals surface area contributed by atoms with E-state index in [0.29, 0.717) is 5.92 Å². The van der Waals surface area contributed by atoms with Crippen molar-refractivity contribution in [3.63, 3.8) is 0 Å². The van der Waals surface area contributed by atoms with E-state index in [9.17, 15) is 0 Å². The van der Waals surface area contributed by atoms with Gasteiger partial charge in [-0.2, -0.15) is 0 Å². The van der Waals surface area contributed by atoms with Crippen LogP contribution in [0.5, 0.6) is 5.75 Å². The Hall–Kier alpha value is -1.71. The first-order chi connectivity index (χ1) is 9.09. The number of aliphatic imine (C=N–C) groups is 1. The van der Waals surface area contributed by atoms with Gasteiger partial charge in [-0.05, 0) is 18.1 Å². The van der Waals surface area contributed by atoms with E-state index >= 15 is 0 Å². The summed E-state index contributed by atoms with van der Waals surface area (Å²) < 4.78 is 5.69. The average Bonchev–Trinajstić information content (AvgIpc) is 2.38. The topological polar surface area (TPSA) is 28.1 Å². The number of nitrogens with zero attached hydrogens (tertiary/aromatic N) is 3. The summed E-state index contributed by atoms with van der Waals surface area (Å²) in [6.45, 7) is 1.60. The van der Waals surface area contributed by atoms with Crippen molar-refractivity contribution in [2.75, 3.05) is 41.3 Å². The number of para-hydroxylation sites is 1. The van der Waals surface area contributed by atoms with Crippen LogP contribution in [0, 0.1) is 0 Å². The van der Waals surface area contributed by atoms with Gasteiger partial charge in [0.25, 0.3) is 0 Å². The van der Waals surface area contributed by atoms with Crippen LogP contribution in [0.15, 0.2) is 29.3 Å². The second-order valence-electron chi connectivity index (χ2n) is 5.30. The standard InChI is InChI=1S/C15H23N3O/c1-17(2)15(18(3)4)16-11-12-9-10-19-14-8-6-5-7-13(12)14/h5-8,12H,9-11H2,1-4H3. The highest BCUT2D eigenvalue weighted by Crippen LogP contribution is 2.33. The number of rotatable bonds is 2. The zero-order valence-corrected chi connectivity index (χ0v) is 12.3. The van der Waals surface area contributed by atoms with Crippen molar-refractivity contribution in [2.45, 2.75) is 12.3 Å². The summed E-state index contributed by atoms with van der Waals surface area (Å²) >= 11 is 0. The average molecular weight is 261 g/mol. The fourth-order valence-electron chi connectivity index (χ4n) is 2.48. The van der Waals surface area contributed by atoms with E-state index < -0.39 is 0 Å². The summed E-state index contributed by atoms with van der Waals surface area (Å²) in [5.41, 5.74) is 1.29. The molecule has 104 valence electrons. The van der Waals surface area contributed by atoms with E-state index in [1.807, 2.05) is 50.1 Å². The Kier molecular flexibility index (Phi) is 4.30. The molecule has 0 radical (unpaired) electrons. The summed E-state index contributed by atoms with van der Waals surface area (Å²) in [5.74, 6) is 2.48. The van der Waals surface area contributed by atoms with Crippen LogP contribution in [0.25, 0.3) is 0 Å². The van der Waals surface area contributed by atoms with Crippen molar-refractivity contribution in [2.24, 2.45) is 4.99 Å². The second kappa shape index (κ2) is 5.95. The largest absolute Gasteiger partial charge is 0.493 e. The molecule has 0 amide bonds. The molecule has 1 heterocycles. The predicted molar refractivity (Wildman–Crippen MR) is 79.0 cm³/mol. The number of hydrogen-bond acceptors (Lipinski definition) is 2. The molecule has 2 rings (SSSR count). The van der Waals surface area contributed by atoms with Crippen LogP contribution in [0.3, 0.4) is 0 Å². The molecule has 0 aliphatic carbocycles. The van der Waals surface area contributed by atoms with Crippen LogP contribution in [0.2, 0.25) is 0 Å². The molecule has 0 aromatic heterocycles. The molecule has 1 aliphatic rings. The van der Waals surface area contributed by atoms with Crippen molar-refractivity contribution >= 4 is 5.96 Å². The van der Waals surface area contributed by atoms with Crippen LogP contribution in [0.4, 0.5) is 0 Å². The van der Waals surface area contributed by atoms with Gasteiger partial charge in [-0.3, -0.25) is 4.99 Å². The molecule has 0 bridgehead atoms. The Morgan fingerprint density at radius 3 is 2.58 bits per heavy atom. The van der Waals surface area contributed by atoms with Crippen LogP contribution < -0.4 is 4.74 Å². The molecule has 1 aromatic rings. The van der Waals surface area contributed by atoms with Gasteiger partial charge in [0.15, 0.2) is 5.96 Å². The van der Waals surface area contributed by atoms with Crippen LogP contribution in [0.1, 0.15) is 17.9 Å². The van der Waals surface area contributed by atoms with Gasteiger partial charge in [-0.25, -0.2) is 0 Å². The van der Waals surface area contributed by atoms with Gasteiger partial charge < -0.3 is 14.5 Å². The van der Waals surface area contributed by atoms with Gasteiger partial charge in [-0.15, -0.1) is 0 Å². The number of hydrogen-bond donors (Lipinski definition) is 0. The predicted octanol–water partition coefficient (Wildman–Crippen LogP) is 2.03. The molecule has 0 saturated heterocycles. The lowest BCUT2D eigenvalue weighted by Gasteiger charge is -2.27. The van der Waals surface area contributed by atoms with Crippen molar-refractivity contribution in [3.8, 4) is 5.75 Å². The Labute approximate surface area is 115 Å². The van der Waals surface area contributed by atoms with Crippen molar-refractivity contribution in [1.82, 2.24) is 9.80 Å². The number of ether oxygens (including phenoxy) is 1. The second-order valence-corrected chi connectivity index (χ2v) is 5.30. The lowest BCUT2D eigenvalue weighted by Crippen LogP contribution is -2.36. The maximum absolute atomic E-state index is 5.69. The molecule has 19 heavy (non-hydrogen) atoms. The fraction of sp³-hybridized carbons (Fsp3) is 0.533. The first-order valence-corrected chi connectivity index (χ1v) is 6.70. The Bertz CT molecular complexity index is 444. The molecular weight excluding hydrogens is 238 g/mol. The Morgan fingerprint density at radius 2 is 1.89 bits per heavy atom. The highest BCUT2D eigenvalue weighted by Gasteiger charge is 2.21. The molecule has 0 spiro atoms. The van der Waals surface area contributed by atoms with Gasteiger partial charge in [0.05, 0.1) is 6.61 Å². The van der Waals surface area contributed by atoms with Crippen molar-refractivity contribution in [3.05, 3.63) is 29.8 Å². The van der Waals surface area contributed by atoms with Gasteiger partial charge in [0.2, 0.25) is 0 Å². The van der Waals surface area contributed by atoms with Gasteiger partial charge in [-0.1, -0.05) is 18.2 Å². The van der Waals surface area contributed by atoms with Crippen molar-refractivity contribution < 1.29 is 4.74 Å². The van der Waals surface area contributed by atoms with Crippen LogP contribution in [-0.2, 0) is 0 Å². The van der Waals surface area contributed by atoms with E-state index in [4.69, 9.17) is 9.73 Å². The maximum atomic E-state index is 5.69. The third-order valence-corrected chi connectivity index (χ3v) is 3.34. The number of fused-ring (bicyclic) bond motifs is 1. The molecule has 4 heteroatoms.